The molecule has 16 heavy (non-hydrogen) atoms. The number of thiophene rings is 1. The van der Waals surface area contributed by atoms with Gasteiger partial charge in [-0.15, -0.1) is 17.9 Å². The van der Waals surface area contributed by atoms with Crippen molar-refractivity contribution in [1.82, 2.24) is 4.90 Å². The van der Waals surface area contributed by atoms with E-state index in [2.05, 4.69) is 6.58 Å². The highest BCUT2D eigenvalue weighted by molar-refractivity contribution is 7.09. The zero-order valence-electron chi connectivity index (χ0n) is 9.43. The summed E-state index contributed by atoms with van der Waals surface area (Å²) >= 11 is 1.65. The molecular formula is C12H17NO2S. The second-order valence-electron chi connectivity index (χ2n) is 3.56. The first-order chi connectivity index (χ1) is 7.69. The number of hydrogen-bond donors (Lipinski definition) is 1. The lowest BCUT2D eigenvalue weighted by Gasteiger charge is -2.26. The Morgan fingerprint density at radius 3 is 2.94 bits per heavy atom. The highest BCUT2D eigenvalue weighted by Gasteiger charge is 2.22. The first-order valence-corrected chi connectivity index (χ1v) is 6.17. The molecule has 1 heterocycles. The molecule has 88 valence electrons. The maximum Gasteiger partial charge on any atom is 0.320 e. The van der Waals surface area contributed by atoms with Crippen molar-refractivity contribution in [3.63, 3.8) is 0 Å². The van der Waals surface area contributed by atoms with Gasteiger partial charge in [0.05, 0.1) is 0 Å². The number of carbonyl (C=O) groups is 1. The van der Waals surface area contributed by atoms with Crippen LogP contribution < -0.4 is 0 Å². The fourth-order valence-electron chi connectivity index (χ4n) is 1.66. The molecule has 0 aromatic carbocycles. The van der Waals surface area contributed by atoms with Crippen molar-refractivity contribution in [2.45, 2.75) is 25.9 Å². The lowest BCUT2D eigenvalue weighted by Crippen LogP contribution is -2.40. The predicted molar refractivity (Wildman–Crippen MR) is 66.6 cm³/mol. The highest BCUT2D eigenvalue weighted by atomic mass is 32.1. The summed E-state index contributed by atoms with van der Waals surface area (Å²) in [6.45, 7) is 6.84. The average Bonchev–Trinajstić information content (AvgIpc) is 2.71. The largest absolute Gasteiger partial charge is 0.480 e. The van der Waals surface area contributed by atoms with Crippen LogP contribution in [0.15, 0.2) is 30.2 Å². The van der Waals surface area contributed by atoms with Gasteiger partial charge in [0.15, 0.2) is 0 Å². The summed E-state index contributed by atoms with van der Waals surface area (Å²) in [6, 6.07) is 3.57. The Bertz CT molecular complexity index is 335. The van der Waals surface area contributed by atoms with Crippen LogP contribution in [0, 0.1) is 0 Å². The molecule has 0 spiro atoms. The maximum atomic E-state index is 11.1. The van der Waals surface area contributed by atoms with Gasteiger partial charge in [-0.1, -0.05) is 19.1 Å². The molecule has 1 aromatic rings. The van der Waals surface area contributed by atoms with Crippen LogP contribution in [0.4, 0.5) is 0 Å². The molecule has 0 radical (unpaired) electrons. The first-order valence-electron chi connectivity index (χ1n) is 5.29. The molecule has 0 bridgehead atoms. The number of hydrogen-bond acceptors (Lipinski definition) is 3. The summed E-state index contributed by atoms with van der Waals surface area (Å²) in [6.07, 6.45) is 2.35. The van der Waals surface area contributed by atoms with Gasteiger partial charge in [0, 0.05) is 18.0 Å². The van der Waals surface area contributed by atoms with E-state index in [1.807, 2.05) is 29.3 Å². The Balaban J connectivity index is 2.72. The second kappa shape index (κ2) is 6.45. The van der Waals surface area contributed by atoms with Gasteiger partial charge in [0.2, 0.25) is 0 Å². The van der Waals surface area contributed by atoms with Crippen molar-refractivity contribution < 1.29 is 9.90 Å². The molecule has 3 nitrogen and oxygen atoms in total. The third-order valence-corrected chi connectivity index (χ3v) is 3.28. The smallest absolute Gasteiger partial charge is 0.320 e. The van der Waals surface area contributed by atoms with Crippen molar-refractivity contribution in [3.05, 3.63) is 35.0 Å². The molecular weight excluding hydrogens is 222 g/mol. The normalized spacial score (nSPS) is 12.6. The van der Waals surface area contributed by atoms with Gasteiger partial charge in [-0.2, -0.15) is 0 Å². The molecule has 0 aliphatic carbocycles. The summed E-state index contributed by atoms with van der Waals surface area (Å²) in [5.74, 6) is -0.763. The van der Waals surface area contributed by atoms with Crippen molar-refractivity contribution in [2.24, 2.45) is 0 Å². The molecule has 0 saturated heterocycles. The summed E-state index contributed by atoms with van der Waals surface area (Å²) in [5.41, 5.74) is 0. The third-order valence-electron chi connectivity index (χ3n) is 2.42. The minimum absolute atomic E-state index is 0.430. The Morgan fingerprint density at radius 2 is 2.50 bits per heavy atom. The molecule has 1 unspecified atom stereocenters. The Kier molecular flexibility index (Phi) is 5.22. The van der Waals surface area contributed by atoms with Gasteiger partial charge in [-0.25, -0.2) is 0 Å². The molecule has 1 aromatic heterocycles. The van der Waals surface area contributed by atoms with Crippen molar-refractivity contribution in [2.75, 3.05) is 6.54 Å². The van der Waals surface area contributed by atoms with Crippen LogP contribution in [0.5, 0.6) is 0 Å². The topological polar surface area (TPSA) is 40.5 Å². The van der Waals surface area contributed by atoms with E-state index in [0.717, 1.165) is 0 Å². The molecule has 0 aliphatic heterocycles. The Morgan fingerprint density at radius 1 is 1.75 bits per heavy atom. The standard InChI is InChI=1S/C12H17NO2S/c1-3-7-13(11(4-2)12(14)15)9-10-6-5-8-16-10/h3,5-6,8,11H,1,4,7,9H2,2H3,(H,14,15). The van der Waals surface area contributed by atoms with Gasteiger partial charge in [0.1, 0.15) is 6.04 Å². The summed E-state index contributed by atoms with van der Waals surface area (Å²) < 4.78 is 0. The molecule has 4 heteroatoms. The van der Waals surface area contributed by atoms with E-state index >= 15 is 0 Å². The van der Waals surface area contributed by atoms with Gasteiger partial charge in [0.25, 0.3) is 0 Å². The first kappa shape index (κ1) is 12.9. The van der Waals surface area contributed by atoms with Crippen LogP contribution in [-0.2, 0) is 11.3 Å². The quantitative estimate of drug-likeness (QED) is 0.743. The number of carboxylic acid groups (broad SMARTS) is 1. The van der Waals surface area contributed by atoms with Crippen LogP contribution in [-0.4, -0.2) is 28.6 Å². The number of rotatable bonds is 7. The van der Waals surface area contributed by atoms with Gasteiger partial charge in [-0.05, 0) is 17.9 Å². The van der Waals surface area contributed by atoms with E-state index in [9.17, 15) is 4.79 Å². The number of carboxylic acids is 1. The van der Waals surface area contributed by atoms with Crippen LogP contribution in [0.2, 0.25) is 0 Å². The molecule has 1 atom stereocenters. The molecule has 0 aliphatic rings. The van der Waals surface area contributed by atoms with Crippen molar-refractivity contribution in [3.8, 4) is 0 Å². The monoisotopic (exact) mass is 239 g/mol. The number of nitrogens with zero attached hydrogens (tertiary/aromatic N) is 1. The SMILES string of the molecule is C=CCN(Cc1cccs1)C(CC)C(=O)O. The molecule has 0 amide bonds. The minimum Gasteiger partial charge on any atom is -0.480 e. The van der Waals surface area contributed by atoms with Gasteiger partial charge in [-0.3, -0.25) is 9.69 Å². The van der Waals surface area contributed by atoms with E-state index in [0.29, 0.717) is 19.5 Å². The molecule has 0 saturated carbocycles. The summed E-state index contributed by atoms with van der Waals surface area (Å²) in [5, 5.41) is 11.1. The second-order valence-corrected chi connectivity index (χ2v) is 4.59. The Labute approximate surface area is 100 Å². The molecule has 1 N–H and O–H groups in total. The minimum atomic E-state index is -0.763. The van der Waals surface area contributed by atoms with Crippen LogP contribution in [0.3, 0.4) is 0 Å². The van der Waals surface area contributed by atoms with Crippen molar-refractivity contribution >= 4 is 17.3 Å². The van der Waals surface area contributed by atoms with Crippen molar-refractivity contribution in [1.29, 1.82) is 0 Å². The zero-order chi connectivity index (χ0) is 12.0. The average molecular weight is 239 g/mol. The van der Waals surface area contributed by atoms with Gasteiger partial charge >= 0.3 is 5.97 Å². The zero-order valence-corrected chi connectivity index (χ0v) is 10.2. The molecule has 1 rings (SSSR count). The van der Waals surface area contributed by atoms with E-state index in [-0.39, 0.29) is 0 Å². The lowest BCUT2D eigenvalue weighted by atomic mass is 10.2. The Hall–Kier alpha value is -1.13. The van der Waals surface area contributed by atoms with Gasteiger partial charge < -0.3 is 5.11 Å². The highest BCUT2D eigenvalue weighted by Crippen LogP contribution is 2.15. The van der Waals surface area contributed by atoms with Crippen LogP contribution >= 0.6 is 11.3 Å². The van der Waals surface area contributed by atoms with E-state index < -0.39 is 12.0 Å². The van der Waals surface area contributed by atoms with E-state index in [4.69, 9.17) is 5.11 Å². The van der Waals surface area contributed by atoms with E-state index in [1.165, 1.54) is 4.88 Å². The third kappa shape index (κ3) is 3.47. The lowest BCUT2D eigenvalue weighted by molar-refractivity contribution is -0.143. The summed E-state index contributed by atoms with van der Waals surface area (Å²) in [4.78, 5) is 14.2. The van der Waals surface area contributed by atoms with Crippen LogP contribution in [0.25, 0.3) is 0 Å². The van der Waals surface area contributed by atoms with E-state index in [1.54, 1.807) is 17.4 Å². The number of aliphatic carboxylic acids is 1. The fourth-order valence-corrected chi connectivity index (χ4v) is 2.39. The predicted octanol–water partition coefficient (Wildman–Crippen LogP) is 2.60. The summed E-state index contributed by atoms with van der Waals surface area (Å²) in [7, 11) is 0. The molecule has 0 fully saturated rings. The maximum absolute atomic E-state index is 11.1. The fraction of sp³-hybridized carbons (Fsp3) is 0.417. The van der Waals surface area contributed by atoms with Crippen LogP contribution in [0.1, 0.15) is 18.2 Å².